The number of carbonyl (C=O) groups is 1. The van der Waals surface area contributed by atoms with Crippen molar-refractivity contribution in [2.75, 3.05) is 6.61 Å². The van der Waals surface area contributed by atoms with Gasteiger partial charge in [0, 0.05) is 5.54 Å². The fraction of sp³-hybridized carbons (Fsp3) is 0.529. The summed E-state index contributed by atoms with van der Waals surface area (Å²) in [6.07, 6.45) is 3.24. The fourth-order valence-corrected chi connectivity index (χ4v) is 2.26. The van der Waals surface area contributed by atoms with Crippen LogP contribution in [0.5, 0.6) is 5.75 Å². The van der Waals surface area contributed by atoms with Gasteiger partial charge in [-0.05, 0) is 51.5 Å². The van der Waals surface area contributed by atoms with Gasteiger partial charge >= 0.3 is 0 Å². The Morgan fingerprint density at radius 3 is 2.55 bits per heavy atom. The van der Waals surface area contributed by atoms with Crippen molar-refractivity contribution in [3.05, 3.63) is 29.8 Å². The van der Waals surface area contributed by atoms with Gasteiger partial charge in [0.2, 0.25) is 0 Å². The summed E-state index contributed by atoms with van der Waals surface area (Å²) in [5, 5.41) is 6.07. The van der Waals surface area contributed by atoms with Crippen molar-refractivity contribution in [1.29, 1.82) is 0 Å². The number of para-hydroxylation sites is 1. The normalized spacial score (nSPS) is 10.9. The number of thiocarbonyl (C=S) groups is 1. The van der Waals surface area contributed by atoms with Crippen LogP contribution in [-0.4, -0.2) is 23.2 Å². The number of benzene rings is 1. The topological polar surface area (TPSA) is 50.4 Å². The van der Waals surface area contributed by atoms with Gasteiger partial charge in [0.25, 0.3) is 5.91 Å². The molecule has 1 amide bonds. The Balaban J connectivity index is 2.66. The Morgan fingerprint density at radius 1 is 1.23 bits per heavy atom. The van der Waals surface area contributed by atoms with Crippen LogP contribution in [-0.2, 0) is 0 Å². The maximum absolute atomic E-state index is 12.3. The molecule has 0 atom stereocenters. The molecule has 0 aliphatic carbocycles. The highest BCUT2D eigenvalue weighted by Crippen LogP contribution is 2.18. The second kappa shape index (κ2) is 8.73. The van der Waals surface area contributed by atoms with Crippen molar-refractivity contribution < 1.29 is 9.53 Å². The van der Waals surface area contributed by atoms with Crippen LogP contribution < -0.4 is 15.4 Å². The van der Waals surface area contributed by atoms with E-state index in [1.807, 2.05) is 32.9 Å². The first kappa shape index (κ1) is 18.4. The van der Waals surface area contributed by atoms with Crippen LogP contribution in [0.4, 0.5) is 0 Å². The number of hydrogen-bond donors (Lipinski definition) is 2. The summed E-state index contributed by atoms with van der Waals surface area (Å²) in [7, 11) is 0. The van der Waals surface area contributed by atoms with Crippen molar-refractivity contribution >= 4 is 23.2 Å². The minimum Gasteiger partial charge on any atom is -0.493 e. The van der Waals surface area contributed by atoms with E-state index in [0.29, 0.717) is 23.0 Å². The maximum Gasteiger partial charge on any atom is 0.261 e. The average molecular weight is 322 g/mol. The number of hydrogen-bond acceptors (Lipinski definition) is 3. The number of unbranched alkanes of at least 4 members (excludes halogenated alkanes) is 2. The molecule has 0 heterocycles. The van der Waals surface area contributed by atoms with Crippen LogP contribution in [0.15, 0.2) is 24.3 Å². The number of amides is 1. The quantitative estimate of drug-likeness (QED) is 0.620. The predicted molar refractivity (Wildman–Crippen MR) is 94.4 cm³/mol. The summed E-state index contributed by atoms with van der Waals surface area (Å²) in [6.45, 7) is 8.70. The van der Waals surface area contributed by atoms with Crippen LogP contribution in [0.1, 0.15) is 57.3 Å². The van der Waals surface area contributed by atoms with Crippen LogP contribution >= 0.6 is 12.2 Å². The molecule has 1 rings (SSSR count). The van der Waals surface area contributed by atoms with Crippen LogP contribution in [0.25, 0.3) is 0 Å². The molecule has 0 unspecified atom stereocenters. The summed E-state index contributed by atoms with van der Waals surface area (Å²) in [5.41, 5.74) is 0.303. The zero-order chi connectivity index (χ0) is 16.6. The molecule has 0 fully saturated rings. The van der Waals surface area contributed by atoms with E-state index < -0.39 is 0 Å². The highest BCUT2D eigenvalue weighted by atomic mass is 32.1. The molecule has 22 heavy (non-hydrogen) atoms. The molecule has 0 aromatic heterocycles. The molecule has 0 saturated heterocycles. The van der Waals surface area contributed by atoms with Gasteiger partial charge in [0.15, 0.2) is 5.11 Å². The third-order valence-electron chi connectivity index (χ3n) is 2.85. The first-order valence-electron chi connectivity index (χ1n) is 7.69. The molecule has 0 aliphatic rings. The molecule has 0 bridgehead atoms. The van der Waals surface area contributed by atoms with Crippen molar-refractivity contribution in [1.82, 2.24) is 10.6 Å². The molecule has 0 saturated carbocycles. The van der Waals surface area contributed by atoms with E-state index in [4.69, 9.17) is 17.0 Å². The Labute approximate surface area is 138 Å². The Morgan fingerprint density at radius 2 is 1.91 bits per heavy atom. The third kappa shape index (κ3) is 6.89. The van der Waals surface area contributed by atoms with E-state index >= 15 is 0 Å². The summed E-state index contributed by atoms with van der Waals surface area (Å²) in [5.74, 6) is 0.336. The number of ether oxygens (including phenoxy) is 1. The smallest absolute Gasteiger partial charge is 0.261 e. The van der Waals surface area contributed by atoms with Crippen LogP contribution in [0.3, 0.4) is 0 Å². The molecule has 0 radical (unpaired) electrons. The van der Waals surface area contributed by atoms with E-state index in [-0.39, 0.29) is 11.4 Å². The predicted octanol–water partition coefficient (Wildman–Crippen LogP) is 3.66. The highest BCUT2D eigenvalue weighted by molar-refractivity contribution is 7.80. The lowest BCUT2D eigenvalue weighted by molar-refractivity contribution is 0.0972. The van der Waals surface area contributed by atoms with E-state index in [1.165, 1.54) is 0 Å². The molecule has 0 spiro atoms. The zero-order valence-corrected chi connectivity index (χ0v) is 14.7. The minimum atomic E-state index is -0.257. The molecule has 2 N–H and O–H groups in total. The van der Waals surface area contributed by atoms with Gasteiger partial charge in [-0.3, -0.25) is 10.1 Å². The first-order valence-corrected chi connectivity index (χ1v) is 8.09. The summed E-state index contributed by atoms with van der Waals surface area (Å²) < 4.78 is 5.72. The van der Waals surface area contributed by atoms with Gasteiger partial charge in [0.05, 0.1) is 12.2 Å². The molecule has 122 valence electrons. The number of rotatable bonds is 6. The lowest BCUT2D eigenvalue weighted by atomic mass is 10.1. The molecule has 1 aromatic rings. The summed E-state index contributed by atoms with van der Waals surface area (Å²) >= 11 is 5.16. The van der Waals surface area contributed by atoms with Gasteiger partial charge in [-0.25, -0.2) is 0 Å². The molecule has 0 aliphatic heterocycles. The molecule has 4 nitrogen and oxygen atoms in total. The van der Waals surface area contributed by atoms with E-state index in [9.17, 15) is 4.79 Å². The second-order valence-corrected chi connectivity index (χ2v) is 6.62. The standard InChI is InChI=1S/C17H26N2O2S/c1-5-6-9-12-21-14-11-8-7-10-13(14)15(20)18-16(22)19-17(2,3)4/h7-8,10-11H,5-6,9,12H2,1-4H3,(H2,18,19,20,22). The second-order valence-electron chi connectivity index (χ2n) is 6.21. The van der Waals surface area contributed by atoms with E-state index in [2.05, 4.69) is 17.6 Å². The largest absolute Gasteiger partial charge is 0.493 e. The average Bonchev–Trinajstić information content (AvgIpc) is 2.42. The lowest BCUT2D eigenvalue weighted by Crippen LogP contribution is -2.48. The fourth-order valence-electron chi connectivity index (χ4n) is 1.86. The SMILES string of the molecule is CCCCCOc1ccccc1C(=O)NC(=S)NC(C)(C)C. The first-order chi connectivity index (χ1) is 10.3. The molecular weight excluding hydrogens is 296 g/mol. The van der Waals surface area contributed by atoms with E-state index in [0.717, 1.165) is 19.3 Å². The lowest BCUT2D eigenvalue weighted by Gasteiger charge is -2.22. The van der Waals surface area contributed by atoms with Gasteiger partial charge in [-0.15, -0.1) is 0 Å². The number of nitrogens with one attached hydrogen (secondary N) is 2. The van der Waals surface area contributed by atoms with Crippen molar-refractivity contribution in [3.8, 4) is 5.75 Å². The van der Waals surface area contributed by atoms with Gasteiger partial charge in [-0.2, -0.15) is 0 Å². The summed E-state index contributed by atoms with van der Waals surface area (Å²) in [4.78, 5) is 12.3. The number of carbonyl (C=O) groups excluding carboxylic acids is 1. The van der Waals surface area contributed by atoms with Crippen molar-refractivity contribution in [3.63, 3.8) is 0 Å². The Hall–Kier alpha value is -1.62. The van der Waals surface area contributed by atoms with E-state index in [1.54, 1.807) is 12.1 Å². The monoisotopic (exact) mass is 322 g/mol. The Bertz CT molecular complexity index is 510. The minimum absolute atomic E-state index is 0.194. The summed E-state index contributed by atoms with van der Waals surface area (Å²) in [6, 6.07) is 7.22. The third-order valence-corrected chi connectivity index (χ3v) is 3.06. The molecule has 5 heteroatoms. The highest BCUT2D eigenvalue weighted by Gasteiger charge is 2.16. The molecular formula is C17H26N2O2S. The van der Waals surface area contributed by atoms with Gasteiger partial charge < -0.3 is 10.1 Å². The van der Waals surface area contributed by atoms with Gasteiger partial charge in [0.1, 0.15) is 5.75 Å². The van der Waals surface area contributed by atoms with Crippen molar-refractivity contribution in [2.45, 2.75) is 52.5 Å². The van der Waals surface area contributed by atoms with Crippen LogP contribution in [0, 0.1) is 0 Å². The molecule has 1 aromatic carbocycles. The maximum atomic E-state index is 12.3. The Kier molecular flexibility index (Phi) is 7.32. The van der Waals surface area contributed by atoms with Gasteiger partial charge in [-0.1, -0.05) is 31.9 Å². The van der Waals surface area contributed by atoms with Crippen LogP contribution in [0.2, 0.25) is 0 Å². The zero-order valence-electron chi connectivity index (χ0n) is 13.9. The van der Waals surface area contributed by atoms with Crippen molar-refractivity contribution in [2.24, 2.45) is 0 Å².